The summed E-state index contributed by atoms with van der Waals surface area (Å²) in [6, 6.07) is 1.32. The summed E-state index contributed by atoms with van der Waals surface area (Å²) in [5.41, 5.74) is 5.65. The van der Waals surface area contributed by atoms with Crippen molar-refractivity contribution >= 4 is 21.7 Å². The van der Waals surface area contributed by atoms with Crippen LogP contribution in [-0.2, 0) is 35.7 Å². The molecule has 0 fully saturated rings. The molecule has 0 atom stereocenters. The molecule has 1 heterocycles. The van der Waals surface area contributed by atoms with Crippen LogP contribution in [0, 0.1) is 0 Å². The number of anilines is 1. The number of aromatic nitrogens is 3. The van der Waals surface area contributed by atoms with Gasteiger partial charge in [0.1, 0.15) is 0 Å². The topological polar surface area (TPSA) is 106 Å². The Bertz CT molecular complexity index is 978. The molecule has 0 saturated heterocycles. The van der Waals surface area contributed by atoms with Crippen LogP contribution in [-0.4, -0.2) is 29.4 Å². The highest BCUT2D eigenvalue weighted by Crippen LogP contribution is 2.38. The molecule has 2 aliphatic rings. The molecule has 27 heavy (non-hydrogen) atoms. The molecule has 8 nitrogen and oxygen atoms in total. The third-order valence-corrected chi connectivity index (χ3v) is 6.54. The van der Waals surface area contributed by atoms with E-state index in [1.807, 2.05) is 0 Å². The molecule has 2 N–H and O–H groups in total. The maximum Gasteiger partial charge on any atom is 0.333 e. The van der Waals surface area contributed by atoms with Gasteiger partial charge >= 0.3 is 6.03 Å². The SMILES string of the molecule is CC(C)n1nncc1S(=O)(=O)NC(=O)Nc1c2c(cc3c1CCC3)CCC2. The highest BCUT2D eigenvalue weighted by atomic mass is 32.2. The van der Waals surface area contributed by atoms with Crippen molar-refractivity contribution in [2.75, 3.05) is 5.32 Å². The smallest absolute Gasteiger partial charge is 0.307 e. The first-order chi connectivity index (χ1) is 12.9. The number of urea groups is 1. The highest BCUT2D eigenvalue weighted by Gasteiger charge is 2.28. The van der Waals surface area contributed by atoms with E-state index in [1.54, 1.807) is 13.8 Å². The van der Waals surface area contributed by atoms with Crippen molar-refractivity contribution in [3.05, 3.63) is 34.5 Å². The third kappa shape index (κ3) is 3.20. The van der Waals surface area contributed by atoms with Crippen LogP contribution in [0.3, 0.4) is 0 Å². The van der Waals surface area contributed by atoms with Crippen LogP contribution in [0.15, 0.2) is 17.3 Å². The van der Waals surface area contributed by atoms with E-state index < -0.39 is 16.1 Å². The molecule has 0 spiro atoms. The number of amides is 2. The first kappa shape index (κ1) is 18.0. The maximum atomic E-state index is 12.6. The van der Waals surface area contributed by atoms with Gasteiger partial charge in [-0.1, -0.05) is 11.3 Å². The summed E-state index contributed by atoms with van der Waals surface area (Å²) in [6.07, 6.45) is 7.11. The first-order valence-corrected chi connectivity index (χ1v) is 10.8. The van der Waals surface area contributed by atoms with Crippen molar-refractivity contribution in [3.8, 4) is 0 Å². The van der Waals surface area contributed by atoms with Gasteiger partial charge in [0.25, 0.3) is 10.0 Å². The number of sulfonamides is 1. The molecule has 0 saturated carbocycles. The van der Waals surface area contributed by atoms with Crippen LogP contribution in [0.5, 0.6) is 0 Å². The molecule has 4 rings (SSSR count). The molecule has 0 radical (unpaired) electrons. The van der Waals surface area contributed by atoms with Gasteiger partial charge in [0.05, 0.1) is 6.20 Å². The zero-order valence-electron chi connectivity index (χ0n) is 15.4. The molecule has 2 aromatic rings. The molecular formula is C18H23N5O3S. The average molecular weight is 389 g/mol. The largest absolute Gasteiger partial charge is 0.333 e. The fourth-order valence-corrected chi connectivity index (χ4v) is 5.14. The van der Waals surface area contributed by atoms with Gasteiger partial charge in [-0.15, -0.1) is 5.10 Å². The van der Waals surface area contributed by atoms with Crippen LogP contribution >= 0.6 is 0 Å². The number of nitrogens with one attached hydrogen (secondary N) is 2. The Kier molecular flexibility index (Phi) is 4.41. The van der Waals surface area contributed by atoms with Gasteiger partial charge in [0.2, 0.25) is 0 Å². The van der Waals surface area contributed by atoms with Gasteiger partial charge in [-0.25, -0.2) is 14.2 Å². The molecule has 2 aliphatic carbocycles. The Hall–Kier alpha value is -2.42. The molecule has 9 heteroatoms. The number of carbonyl (C=O) groups excluding carboxylic acids is 1. The van der Waals surface area contributed by atoms with Crippen LogP contribution in [0.4, 0.5) is 10.5 Å². The monoisotopic (exact) mass is 389 g/mol. The fraction of sp³-hybridized carbons (Fsp3) is 0.500. The van der Waals surface area contributed by atoms with Crippen molar-refractivity contribution in [2.45, 2.75) is 63.4 Å². The number of nitrogens with zero attached hydrogens (tertiary/aromatic N) is 3. The van der Waals surface area contributed by atoms with E-state index in [0.29, 0.717) is 0 Å². The Morgan fingerprint density at radius 2 is 1.74 bits per heavy atom. The second-order valence-electron chi connectivity index (χ2n) is 7.40. The zero-order valence-corrected chi connectivity index (χ0v) is 16.3. The lowest BCUT2D eigenvalue weighted by Crippen LogP contribution is -2.36. The van der Waals surface area contributed by atoms with Crippen LogP contribution in [0.2, 0.25) is 0 Å². The van der Waals surface area contributed by atoms with Crippen molar-refractivity contribution in [1.82, 2.24) is 19.7 Å². The summed E-state index contributed by atoms with van der Waals surface area (Å²) in [6.45, 7) is 3.59. The molecule has 144 valence electrons. The summed E-state index contributed by atoms with van der Waals surface area (Å²) in [7, 11) is -4.06. The molecule has 0 aliphatic heterocycles. The van der Waals surface area contributed by atoms with Gasteiger partial charge in [0.15, 0.2) is 5.03 Å². The van der Waals surface area contributed by atoms with Crippen LogP contribution in [0.1, 0.15) is 55.0 Å². The number of aryl methyl sites for hydroxylation is 2. The predicted octanol–water partition coefficient (Wildman–Crippen LogP) is 2.35. The maximum absolute atomic E-state index is 12.6. The lowest BCUT2D eigenvalue weighted by molar-refractivity contribution is 0.256. The second kappa shape index (κ2) is 6.63. The van der Waals surface area contributed by atoms with E-state index in [0.717, 1.165) is 61.5 Å². The van der Waals surface area contributed by atoms with Gasteiger partial charge in [-0.3, -0.25) is 0 Å². The number of fused-ring (bicyclic) bond motifs is 2. The lowest BCUT2D eigenvalue weighted by atomic mass is 9.99. The summed E-state index contributed by atoms with van der Waals surface area (Å²) in [5.74, 6) is 0. The summed E-state index contributed by atoms with van der Waals surface area (Å²) < 4.78 is 28.6. The Morgan fingerprint density at radius 1 is 1.11 bits per heavy atom. The normalized spacial score (nSPS) is 15.7. The van der Waals surface area contributed by atoms with E-state index in [2.05, 4.69) is 26.4 Å². The number of hydrogen-bond acceptors (Lipinski definition) is 5. The van der Waals surface area contributed by atoms with Crippen molar-refractivity contribution in [1.29, 1.82) is 0 Å². The standard InChI is InChI=1S/C18H23N5O3S/c1-11(2)23-16(10-19-22-23)27(25,26)21-18(24)20-17-14-7-3-5-12(14)9-13-6-4-8-15(13)17/h9-11H,3-8H2,1-2H3,(H2,20,21,24). The zero-order chi connectivity index (χ0) is 19.2. The second-order valence-corrected chi connectivity index (χ2v) is 9.03. The van der Waals surface area contributed by atoms with E-state index >= 15 is 0 Å². The molecule has 0 unspecified atom stereocenters. The summed E-state index contributed by atoms with van der Waals surface area (Å²) >= 11 is 0. The minimum absolute atomic E-state index is 0.129. The predicted molar refractivity (Wildman–Crippen MR) is 100 cm³/mol. The van der Waals surface area contributed by atoms with Gasteiger partial charge in [-0.2, -0.15) is 8.42 Å². The third-order valence-electron chi connectivity index (χ3n) is 5.25. The van der Waals surface area contributed by atoms with E-state index in [9.17, 15) is 13.2 Å². The molecule has 1 aromatic heterocycles. The van der Waals surface area contributed by atoms with E-state index in [4.69, 9.17) is 0 Å². The number of hydrogen-bond donors (Lipinski definition) is 2. The number of benzene rings is 1. The quantitative estimate of drug-likeness (QED) is 0.835. The van der Waals surface area contributed by atoms with Crippen molar-refractivity contribution in [2.24, 2.45) is 0 Å². The minimum Gasteiger partial charge on any atom is -0.307 e. The van der Waals surface area contributed by atoms with E-state index in [1.165, 1.54) is 15.8 Å². The minimum atomic E-state index is -4.06. The lowest BCUT2D eigenvalue weighted by Gasteiger charge is -2.17. The highest BCUT2D eigenvalue weighted by molar-refractivity contribution is 7.90. The van der Waals surface area contributed by atoms with Crippen molar-refractivity contribution < 1.29 is 13.2 Å². The average Bonchev–Trinajstić information content (AvgIpc) is 3.33. The molecule has 0 bridgehead atoms. The van der Waals surface area contributed by atoms with Gasteiger partial charge in [0, 0.05) is 11.7 Å². The van der Waals surface area contributed by atoms with E-state index in [-0.39, 0.29) is 11.1 Å². The van der Waals surface area contributed by atoms with Crippen molar-refractivity contribution in [3.63, 3.8) is 0 Å². The Morgan fingerprint density at radius 3 is 2.33 bits per heavy atom. The van der Waals surface area contributed by atoms with Crippen LogP contribution < -0.4 is 10.0 Å². The van der Waals surface area contributed by atoms with Gasteiger partial charge < -0.3 is 5.32 Å². The molecular weight excluding hydrogens is 366 g/mol. The molecule has 2 amide bonds. The summed E-state index contributed by atoms with van der Waals surface area (Å²) in [5, 5.41) is 10.1. The fourth-order valence-electron chi connectivity index (χ4n) is 4.06. The summed E-state index contributed by atoms with van der Waals surface area (Å²) in [4.78, 5) is 12.6. The Labute approximate surface area is 158 Å². The van der Waals surface area contributed by atoms with Gasteiger partial charge in [-0.05, 0) is 74.6 Å². The molecule has 1 aromatic carbocycles. The number of carbonyl (C=O) groups is 1. The first-order valence-electron chi connectivity index (χ1n) is 9.27. The Balaban J connectivity index is 1.60. The van der Waals surface area contributed by atoms with Crippen LogP contribution in [0.25, 0.3) is 0 Å². The number of rotatable bonds is 4.